The molecule has 0 aliphatic rings. The molecule has 0 radical (unpaired) electrons. The van der Waals surface area contributed by atoms with Gasteiger partial charge in [-0.25, -0.2) is 0 Å². The molecule has 0 unspecified atom stereocenters. The molecule has 0 atom stereocenters. The zero-order valence-electron chi connectivity index (χ0n) is 10.6. The molecule has 102 valence electrons. The van der Waals surface area contributed by atoms with Crippen LogP contribution in [0.3, 0.4) is 0 Å². The average Bonchev–Trinajstić information content (AvgIpc) is 2.23. The maximum Gasteiger partial charge on any atom is 0.304 e. The van der Waals surface area contributed by atoms with Crippen molar-refractivity contribution in [1.29, 1.82) is 0 Å². The zero-order valence-corrected chi connectivity index (χ0v) is 11.4. The first-order valence-corrected chi connectivity index (χ1v) is 6.52. The molecule has 0 aromatic carbocycles. The molecule has 0 spiro atoms. The molecule has 17 heavy (non-hydrogen) atoms. The molecule has 0 rings (SSSR count). The lowest BCUT2D eigenvalue weighted by atomic mass is 10.1. The molecule has 0 amide bonds. The summed E-state index contributed by atoms with van der Waals surface area (Å²) in [5.41, 5.74) is -0.610. The van der Waals surface area contributed by atoms with Gasteiger partial charge < -0.3 is 9.84 Å². The number of carboxylic acid groups (broad SMARTS) is 1. The zero-order chi connectivity index (χ0) is 13.7. The highest BCUT2D eigenvalue weighted by atomic mass is 32.2. The van der Waals surface area contributed by atoms with Gasteiger partial charge in [0.05, 0.1) is 12.0 Å². The molecular formula is C9H20N2O5S. The Labute approximate surface area is 102 Å². The summed E-state index contributed by atoms with van der Waals surface area (Å²) in [6.07, 6.45) is -0.231. The van der Waals surface area contributed by atoms with E-state index >= 15 is 0 Å². The first-order chi connectivity index (χ1) is 7.60. The highest BCUT2D eigenvalue weighted by Gasteiger charge is 2.23. The molecule has 0 aromatic heterocycles. The van der Waals surface area contributed by atoms with E-state index in [1.807, 2.05) is 0 Å². The number of rotatable bonds is 8. The summed E-state index contributed by atoms with van der Waals surface area (Å²) in [6, 6.07) is 0. The van der Waals surface area contributed by atoms with Crippen molar-refractivity contribution in [1.82, 2.24) is 9.03 Å². The van der Waals surface area contributed by atoms with Crippen molar-refractivity contribution < 1.29 is 23.1 Å². The van der Waals surface area contributed by atoms with Crippen molar-refractivity contribution in [3.05, 3.63) is 0 Å². The minimum absolute atomic E-state index is 0.0714. The van der Waals surface area contributed by atoms with Gasteiger partial charge in [0.25, 0.3) is 10.2 Å². The molecule has 0 fully saturated rings. The Balaban J connectivity index is 4.33. The van der Waals surface area contributed by atoms with Crippen LogP contribution in [0.15, 0.2) is 0 Å². The van der Waals surface area contributed by atoms with Crippen molar-refractivity contribution in [2.24, 2.45) is 0 Å². The summed E-state index contributed by atoms with van der Waals surface area (Å²) in [7, 11) is -0.846. The molecule has 0 bridgehead atoms. The molecule has 0 aromatic rings. The second-order valence-corrected chi connectivity index (χ2v) is 6.12. The third-order valence-corrected chi connectivity index (χ3v) is 3.80. The van der Waals surface area contributed by atoms with Crippen molar-refractivity contribution in [3.63, 3.8) is 0 Å². The summed E-state index contributed by atoms with van der Waals surface area (Å²) in [5, 5.41) is 8.46. The number of nitrogens with one attached hydrogen (secondary N) is 1. The molecule has 2 N–H and O–H groups in total. The van der Waals surface area contributed by atoms with E-state index in [0.717, 1.165) is 4.31 Å². The van der Waals surface area contributed by atoms with Crippen LogP contribution >= 0.6 is 0 Å². The number of hydrogen-bond donors (Lipinski definition) is 2. The van der Waals surface area contributed by atoms with E-state index in [9.17, 15) is 13.2 Å². The highest BCUT2D eigenvalue weighted by Crippen LogP contribution is 2.06. The Morgan fingerprint density at radius 1 is 1.47 bits per heavy atom. The van der Waals surface area contributed by atoms with Crippen molar-refractivity contribution in [2.45, 2.75) is 25.9 Å². The highest BCUT2D eigenvalue weighted by molar-refractivity contribution is 7.87. The fourth-order valence-corrected chi connectivity index (χ4v) is 1.90. The SMILES string of the molecule is COC(C)(C)CNS(=O)(=O)N(C)CCC(=O)O. The average molecular weight is 268 g/mol. The molecule has 0 saturated heterocycles. The van der Waals surface area contributed by atoms with Gasteiger partial charge in [-0.05, 0) is 13.8 Å². The van der Waals surface area contributed by atoms with E-state index in [1.54, 1.807) is 13.8 Å². The Hall–Kier alpha value is -0.700. The Bertz CT molecular complexity index is 352. The standard InChI is InChI=1S/C9H20N2O5S/c1-9(2,16-4)7-10-17(14,15)11(3)6-5-8(12)13/h10H,5-7H2,1-4H3,(H,12,13). The lowest BCUT2D eigenvalue weighted by Crippen LogP contribution is -2.45. The van der Waals surface area contributed by atoms with E-state index < -0.39 is 21.8 Å². The van der Waals surface area contributed by atoms with Crippen LogP contribution in [0.1, 0.15) is 20.3 Å². The quantitative estimate of drug-likeness (QED) is 0.627. The van der Waals surface area contributed by atoms with Crippen LogP contribution in [0, 0.1) is 0 Å². The predicted octanol–water partition coefficient (Wildman–Crippen LogP) is -0.348. The fraction of sp³-hybridized carbons (Fsp3) is 0.889. The molecule has 0 aliphatic carbocycles. The van der Waals surface area contributed by atoms with Gasteiger partial charge in [-0.2, -0.15) is 17.4 Å². The van der Waals surface area contributed by atoms with Crippen LogP contribution in [0.5, 0.6) is 0 Å². The minimum atomic E-state index is -3.66. The summed E-state index contributed by atoms with van der Waals surface area (Å²) < 4.78 is 31.7. The maximum absolute atomic E-state index is 11.7. The maximum atomic E-state index is 11.7. The second-order valence-electron chi connectivity index (χ2n) is 4.26. The smallest absolute Gasteiger partial charge is 0.304 e. The number of ether oxygens (including phenoxy) is 1. The summed E-state index contributed by atoms with van der Waals surface area (Å²) in [5.74, 6) is -1.04. The molecule has 7 nitrogen and oxygen atoms in total. The van der Waals surface area contributed by atoms with Crippen molar-refractivity contribution >= 4 is 16.2 Å². The first-order valence-electron chi connectivity index (χ1n) is 5.08. The number of carboxylic acids is 1. The summed E-state index contributed by atoms with van der Waals surface area (Å²) in [6.45, 7) is 3.53. The van der Waals surface area contributed by atoms with Gasteiger partial charge in [0, 0.05) is 27.2 Å². The molecule has 0 heterocycles. The third kappa shape index (κ3) is 6.57. The monoisotopic (exact) mass is 268 g/mol. The van der Waals surface area contributed by atoms with Gasteiger partial charge in [-0.1, -0.05) is 0 Å². The number of nitrogens with zero attached hydrogens (tertiary/aromatic N) is 1. The van der Waals surface area contributed by atoms with Gasteiger partial charge in [-0.15, -0.1) is 0 Å². The van der Waals surface area contributed by atoms with Crippen LogP contribution in [0.4, 0.5) is 0 Å². The molecule has 0 aliphatic heterocycles. The van der Waals surface area contributed by atoms with Crippen LogP contribution in [-0.4, -0.2) is 56.6 Å². The van der Waals surface area contributed by atoms with Crippen LogP contribution < -0.4 is 4.72 Å². The van der Waals surface area contributed by atoms with E-state index in [-0.39, 0.29) is 19.5 Å². The lowest BCUT2D eigenvalue weighted by molar-refractivity contribution is -0.137. The van der Waals surface area contributed by atoms with Crippen molar-refractivity contribution in [3.8, 4) is 0 Å². The molecular weight excluding hydrogens is 248 g/mol. The van der Waals surface area contributed by atoms with E-state index in [0.29, 0.717) is 0 Å². The Morgan fingerprint density at radius 3 is 2.41 bits per heavy atom. The van der Waals surface area contributed by atoms with E-state index in [4.69, 9.17) is 9.84 Å². The number of methoxy groups -OCH3 is 1. The predicted molar refractivity (Wildman–Crippen MR) is 62.9 cm³/mol. The van der Waals surface area contributed by atoms with E-state index in [2.05, 4.69) is 4.72 Å². The first kappa shape index (κ1) is 16.3. The lowest BCUT2D eigenvalue weighted by Gasteiger charge is -2.25. The van der Waals surface area contributed by atoms with Gasteiger partial charge in [-0.3, -0.25) is 4.79 Å². The second kappa shape index (κ2) is 6.29. The van der Waals surface area contributed by atoms with Gasteiger partial charge in [0.1, 0.15) is 0 Å². The van der Waals surface area contributed by atoms with Crippen LogP contribution in [0.25, 0.3) is 0 Å². The number of carbonyl (C=O) groups is 1. The number of aliphatic carboxylic acids is 1. The van der Waals surface area contributed by atoms with Crippen molar-refractivity contribution in [2.75, 3.05) is 27.2 Å². The minimum Gasteiger partial charge on any atom is -0.481 e. The Morgan fingerprint density at radius 2 is 2.00 bits per heavy atom. The van der Waals surface area contributed by atoms with Gasteiger partial charge >= 0.3 is 5.97 Å². The Kier molecular flexibility index (Phi) is 6.03. The number of hydrogen-bond acceptors (Lipinski definition) is 4. The third-order valence-electron chi connectivity index (χ3n) is 2.28. The fourth-order valence-electron chi connectivity index (χ4n) is 0.821. The summed E-state index contributed by atoms with van der Waals surface area (Å²) >= 11 is 0. The normalized spacial score (nSPS) is 13.0. The topological polar surface area (TPSA) is 95.9 Å². The van der Waals surface area contributed by atoms with Gasteiger partial charge in [0.15, 0.2) is 0 Å². The molecule has 0 saturated carbocycles. The summed E-state index contributed by atoms with van der Waals surface area (Å²) in [4.78, 5) is 10.3. The van der Waals surface area contributed by atoms with Crippen LogP contribution in [-0.2, 0) is 19.7 Å². The van der Waals surface area contributed by atoms with Crippen LogP contribution in [0.2, 0.25) is 0 Å². The van der Waals surface area contributed by atoms with E-state index in [1.165, 1.54) is 14.2 Å². The molecule has 8 heteroatoms. The largest absolute Gasteiger partial charge is 0.481 e. The van der Waals surface area contributed by atoms with Gasteiger partial charge in [0.2, 0.25) is 0 Å².